The van der Waals surface area contributed by atoms with E-state index in [0.717, 1.165) is 60.4 Å². The molecule has 6 nitrogen and oxygen atoms in total. The van der Waals surface area contributed by atoms with E-state index >= 15 is 0 Å². The molecular weight excluding hydrogens is 400 g/mol. The van der Waals surface area contributed by atoms with Crippen molar-refractivity contribution in [1.29, 1.82) is 0 Å². The van der Waals surface area contributed by atoms with E-state index in [9.17, 15) is 9.59 Å². The molecule has 6 rings (SSSR count). The molecule has 32 heavy (non-hydrogen) atoms. The summed E-state index contributed by atoms with van der Waals surface area (Å²) in [6, 6.07) is 7.74. The van der Waals surface area contributed by atoms with Crippen LogP contribution < -0.4 is 10.9 Å². The van der Waals surface area contributed by atoms with E-state index in [-0.39, 0.29) is 22.9 Å². The highest BCUT2D eigenvalue weighted by Gasteiger charge is 2.46. The number of fused-ring (bicyclic) bond motifs is 4. The maximum Gasteiger partial charge on any atom is 0.253 e. The molecule has 1 atom stereocenters. The van der Waals surface area contributed by atoms with E-state index < -0.39 is 0 Å². The highest BCUT2D eigenvalue weighted by molar-refractivity contribution is 6.00. The molecule has 3 aromatic rings. The number of aromatic nitrogens is 3. The van der Waals surface area contributed by atoms with Crippen LogP contribution in [0.1, 0.15) is 79.4 Å². The normalized spacial score (nSPS) is 24.8. The first-order valence-electron chi connectivity index (χ1n) is 11.9. The molecule has 2 fully saturated rings. The average molecular weight is 429 g/mol. The van der Waals surface area contributed by atoms with Gasteiger partial charge in [0.2, 0.25) is 0 Å². The van der Waals surface area contributed by atoms with Crippen LogP contribution >= 0.6 is 0 Å². The van der Waals surface area contributed by atoms with Gasteiger partial charge in [-0.05, 0) is 62.0 Å². The van der Waals surface area contributed by atoms with E-state index in [1.807, 2.05) is 22.9 Å². The van der Waals surface area contributed by atoms with Gasteiger partial charge in [-0.1, -0.05) is 25.1 Å². The number of rotatable bonds is 5. The van der Waals surface area contributed by atoms with Crippen molar-refractivity contribution in [3.63, 3.8) is 0 Å². The summed E-state index contributed by atoms with van der Waals surface area (Å²) in [5, 5.41) is 4.52. The Bertz CT molecular complexity index is 1290. The van der Waals surface area contributed by atoms with Gasteiger partial charge in [-0.2, -0.15) is 0 Å². The molecule has 3 aliphatic carbocycles. The number of benzene rings is 1. The summed E-state index contributed by atoms with van der Waals surface area (Å²) in [6.07, 6.45) is 11.5. The summed E-state index contributed by atoms with van der Waals surface area (Å²) < 4.78 is 1.98. The van der Waals surface area contributed by atoms with Crippen molar-refractivity contribution >= 4 is 22.5 Å². The Labute approximate surface area is 187 Å². The van der Waals surface area contributed by atoms with Crippen LogP contribution in [0.15, 0.2) is 41.6 Å². The van der Waals surface area contributed by atoms with Gasteiger partial charge < -0.3 is 9.88 Å². The Morgan fingerprint density at radius 1 is 1.19 bits per heavy atom. The Morgan fingerprint density at radius 2 is 2.03 bits per heavy atom. The molecule has 0 spiro atoms. The predicted molar refractivity (Wildman–Crippen MR) is 124 cm³/mol. The first kappa shape index (κ1) is 19.6. The molecule has 1 aromatic carbocycles. The third kappa shape index (κ3) is 2.92. The van der Waals surface area contributed by atoms with Crippen LogP contribution in [0.25, 0.3) is 10.9 Å². The van der Waals surface area contributed by atoms with Gasteiger partial charge in [0.25, 0.3) is 5.56 Å². The number of carbonyl (C=O) groups excluding carboxylic acids is 1. The summed E-state index contributed by atoms with van der Waals surface area (Å²) in [7, 11) is 0. The molecule has 0 radical (unpaired) electrons. The largest absolute Gasteiger partial charge is 0.363 e. The summed E-state index contributed by atoms with van der Waals surface area (Å²) >= 11 is 0. The Kier molecular flexibility index (Phi) is 4.46. The van der Waals surface area contributed by atoms with Crippen LogP contribution in [0, 0.1) is 5.92 Å². The molecule has 164 valence electrons. The maximum atomic E-state index is 13.0. The van der Waals surface area contributed by atoms with Gasteiger partial charge in [0.05, 0.1) is 16.9 Å². The summed E-state index contributed by atoms with van der Waals surface area (Å²) in [5.74, 6) is 1.75. The lowest BCUT2D eigenvalue weighted by Gasteiger charge is -2.30. The van der Waals surface area contributed by atoms with Gasteiger partial charge in [-0.15, -0.1) is 0 Å². The first-order chi connectivity index (χ1) is 15.6. The standard InChI is InChI=1S/C26H28N4O2/c1-2-21(18-4-3-5-19-17(18)6-7-23(19)31)29-25-20-14-30(24(32)12-22(20)27-15-28-25)26-10-8-16(13-26)9-11-26/h3-5,12,14-16,21H,2,6-11,13H2,1H3,(H,27,28,29)/t16?,21-,26?/m1/s1. The number of anilines is 1. The summed E-state index contributed by atoms with van der Waals surface area (Å²) in [4.78, 5) is 34.2. The number of hydrogen-bond acceptors (Lipinski definition) is 5. The maximum absolute atomic E-state index is 13.0. The number of hydrogen-bond donors (Lipinski definition) is 1. The number of Topliss-reactive ketones (excluding diaryl/α,β-unsaturated/α-hetero) is 1. The zero-order valence-corrected chi connectivity index (χ0v) is 18.4. The second-order valence-electron chi connectivity index (χ2n) is 9.78. The number of nitrogens with one attached hydrogen (secondary N) is 1. The number of ketones is 1. The minimum Gasteiger partial charge on any atom is -0.363 e. The lowest BCUT2D eigenvalue weighted by molar-refractivity contribution is 0.0994. The first-order valence-corrected chi connectivity index (χ1v) is 11.9. The predicted octanol–water partition coefficient (Wildman–Crippen LogP) is 4.77. The highest BCUT2D eigenvalue weighted by atomic mass is 16.1. The van der Waals surface area contributed by atoms with Crippen molar-refractivity contribution in [1.82, 2.24) is 14.5 Å². The van der Waals surface area contributed by atoms with Crippen molar-refractivity contribution in [2.24, 2.45) is 5.92 Å². The van der Waals surface area contributed by atoms with E-state index in [1.54, 1.807) is 6.07 Å². The number of nitrogens with zero attached hydrogens (tertiary/aromatic N) is 3. The minimum absolute atomic E-state index is 0.0339. The zero-order chi connectivity index (χ0) is 21.9. The second kappa shape index (κ2) is 7.26. The van der Waals surface area contributed by atoms with E-state index in [1.165, 1.54) is 24.7 Å². The van der Waals surface area contributed by atoms with Gasteiger partial charge >= 0.3 is 0 Å². The molecule has 2 aromatic heterocycles. The van der Waals surface area contributed by atoms with Gasteiger partial charge in [-0.25, -0.2) is 9.97 Å². The fraction of sp³-hybridized carbons (Fsp3) is 0.462. The molecule has 2 saturated carbocycles. The van der Waals surface area contributed by atoms with Gasteiger partial charge in [-0.3, -0.25) is 9.59 Å². The van der Waals surface area contributed by atoms with Gasteiger partial charge in [0, 0.05) is 29.8 Å². The van der Waals surface area contributed by atoms with E-state index in [4.69, 9.17) is 0 Å². The fourth-order valence-corrected chi connectivity index (χ4v) is 6.43. The van der Waals surface area contributed by atoms with Crippen LogP contribution in [-0.2, 0) is 12.0 Å². The zero-order valence-electron chi connectivity index (χ0n) is 18.4. The molecule has 3 aliphatic rings. The minimum atomic E-state index is -0.0339. The van der Waals surface area contributed by atoms with Crippen LogP contribution in [0.5, 0.6) is 0 Å². The molecule has 0 amide bonds. The highest BCUT2D eigenvalue weighted by Crippen LogP contribution is 2.52. The molecular formula is C26H28N4O2. The van der Waals surface area contributed by atoms with Crippen molar-refractivity contribution in [3.8, 4) is 0 Å². The second-order valence-corrected chi connectivity index (χ2v) is 9.78. The topological polar surface area (TPSA) is 76.9 Å². The molecule has 2 bridgehead atoms. The fourth-order valence-electron chi connectivity index (χ4n) is 6.43. The van der Waals surface area contributed by atoms with Crippen LogP contribution in [-0.4, -0.2) is 20.3 Å². The van der Waals surface area contributed by atoms with Crippen molar-refractivity contribution in [2.45, 2.75) is 69.9 Å². The lowest BCUT2D eigenvalue weighted by atomic mass is 9.93. The van der Waals surface area contributed by atoms with Crippen molar-refractivity contribution < 1.29 is 4.79 Å². The summed E-state index contributed by atoms with van der Waals surface area (Å²) in [5.41, 5.74) is 3.87. The summed E-state index contributed by atoms with van der Waals surface area (Å²) in [6.45, 7) is 2.14. The molecule has 1 N–H and O–H groups in total. The van der Waals surface area contributed by atoms with Crippen molar-refractivity contribution in [2.75, 3.05) is 5.32 Å². The molecule has 0 unspecified atom stereocenters. The lowest BCUT2D eigenvalue weighted by Crippen LogP contribution is -2.37. The monoisotopic (exact) mass is 428 g/mol. The van der Waals surface area contributed by atoms with Crippen LogP contribution in [0.2, 0.25) is 0 Å². The van der Waals surface area contributed by atoms with Gasteiger partial charge in [0.15, 0.2) is 5.78 Å². The quantitative estimate of drug-likeness (QED) is 0.633. The number of pyridine rings is 1. The Balaban J connectivity index is 1.42. The molecule has 0 aliphatic heterocycles. The van der Waals surface area contributed by atoms with Crippen LogP contribution in [0.3, 0.4) is 0 Å². The van der Waals surface area contributed by atoms with Crippen molar-refractivity contribution in [3.05, 3.63) is 63.8 Å². The van der Waals surface area contributed by atoms with E-state index in [0.29, 0.717) is 11.9 Å². The van der Waals surface area contributed by atoms with Gasteiger partial charge in [0.1, 0.15) is 12.1 Å². The number of carbonyl (C=O) groups is 1. The molecule has 2 heterocycles. The Hall–Kier alpha value is -3.02. The third-order valence-electron chi connectivity index (χ3n) is 8.10. The van der Waals surface area contributed by atoms with Crippen LogP contribution in [0.4, 0.5) is 5.82 Å². The average Bonchev–Trinajstić information content (AvgIpc) is 3.52. The SMILES string of the molecule is CC[C@@H](Nc1ncnc2cc(=O)n(C34CCC(CC3)C4)cc12)c1cccc2c1CCC2=O. The third-order valence-corrected chi connectivity index (χ3v) is 8.10. The smallest absolute Gasteiger partial charge is 0.253 e. The Morgan fingerprint density at radius 3 is 2.78 bits per heavy atom. The molecule has 6 heteroatoms. The molecule has 0 saturated heterocycles. The van der Waals surface area contributed by atoms with E-state index in [2.05, 4.69) is 28.3 Å².